The Hall–Kier alpha value is -3.16. The Morgan fingerprint density at radius 2 is 1.75 bits per heavy atom. The Bertz CT molecular complexity index is 1040. The van der Waals surface area contributed by atoms with Gasteiger partial charge < -0.3 is 20.6 Å². The third-order valence-electron chi connectivity index (χ3n) is 5.89. The van der Waals surface area contributed by atoms with Crippen LogP contribution >= 0.6 is 11.3 Å². The molecule has 2 aromatic carbocycles. The van der Waals surface area contributed by atoms with Crippen molar-refractivity contribution < 1.29 is 14.7 Å². The number of carbonyl (C=O) groups excluding carboxylic acids is 2. The number of hydrogen-bond donors (Lipinski definition) is 3. The number of amides is 3. The van der Waals surface area contributed by atoms with E-state index in [0.717, 1.165) is 10.4 Å². The molecule has 3 amide bonds. The Labute approximate surface area is 191 Å². The predicted octanol–water partition coefficient (Wildman–Crippen LogP) is 3.95. The molecule has 0 aliphatic carbocycles. The van der Waals surface area contributed by atoms with Gasteiger partial charge in [0.25, 0.3) is 5.91 Å². The molecule has 7 heteroatoms. The van der Waals surface area contributed by atoms with E-state index in [-0.39, 0.29) is 11.9 Å². The second-order valence-electron chi connectivity index (χ2n) is 8.22. The fraction of sp³-hybridized carbons (Fsp3) is 0.280. The monoisotopic (exact) mass is 449 g/mol. The van der Waals surface area contributed by atoms with Crippen molar-refractivity contribution in [1.29, 1.82) is 0 Å². The molecular weight excluding hydrogens is 422 g/mol. The number of benzene rings is 2. The third kappa shape index (κ3) is 4.84. The summed E-state index contributed by atoms with van der Waals surface area (Å²) >= 11 is 1.51. The number of thiophene rings is 1. The molecule has 1 saturated heterocycles. The molecule has 166 valence electrons. The van der Waals surface area contributed by atoms with Gasteiger partial charge in [-0.25, -0.2) is 4.79 Å². The van der Waals surface area contributed by atoms with Crippen molar-refractivity contribution in [3.8, 4) is 0 Å². The lowest BCUT2D eigenvalue weighted by molar-refractivity contribution is -0.0504. The van der Waals surface area contributed by atoms with Crippen molar-refractivity contribution in [3.05, 3.63) is 94.2 Å². The zero-order valence-corrected chi connectivity index (χ0v) is 18.7. The van der Waals surface area contributed by atoms with Gasteiger partial charge in [-0.15, -0.1) is 11.3 Å². The van der Waals surface area contributed by atoms with Crippen LogP contribution in [0.4, 0.5) is 4.79 Å². The molecule has 32 heavy (non-hydrogen) atoms. The van der Waals surface area contributed by atoms with E-state index in [1.807, 2.05) is 53.9 Å². The van der Waals surface area contributed by atoms with Crippen LogP contribution in [0.25, 0.3) is 0 Å². The van der Waals surface area contributed by atoms with Crippen LogP contribution in [0.15, 0.2) is 78.2 Å². The number of nitrogens with zero attached hydrogens (tertiary/aromatic N) is 1. The van der Waals surface area contributed by atoms with E-state index in [9.17, 15) is 14.7 Å². The normalized spacial score (nSPS) is 22.9. The smallest absolute Gasteiger partial charge is 0.318 e. The fourth-order valence-electron chi connectivity index (χ4n) is 4.09. The van der Waals surface area contributed by atoms with Gasteiger partial charge in [0.1, 0.15) is 0 Å². The maximum atomic E-state index is 13.2. The summed E-state index contributed by atoms with van der Waals surface area (Å²) in [6.45, 7) is 2.52. The van der Waals surface area contributed by atoms with Gasteiger partial charge in [-0.2, -0.15) is 0 Å². The largest absolute Gasteiger partial charge is 0.388 e. The van der Waals surface area contributed by atoms with Gasteiger partial charge in [-0.3, -0.25) is 4.79 Å². The maximum absolute atomic E-state index is 13.2. The molecule has 1 aliphatic heterocycles. The van der Waals surface area contributed by atoms with E-state index in [2.05, 4.69) is 10.6 Å². The van der Waals surface area contributed by atoms with Crippen LogP contribution < -0.4 is 10.6 Å². The maximum Gasteiger partial charge on any atom is 0.318 e. The average Bonchev–Trinajstić information content (AvgIpc) is 3.34. The van der Waals surface area contributed by atoms with Crippen LogP contribution in [-0.4, -0.2) is 40.1 Å². The van der Waals surface area contributed by atoms with Crippen molar-refractivity contribution >= 4 is 23.3 Å². The average molecular weight is 450 g/mol. The summed E-state index contributed by atoms with van der Waals surface area (Å²) in [5, 5.41) is 19.2. The van der Waals surface area contributed by atoms with Crippen LogP contribution in [0.2, 0.25) is 0 Å². The lowest BCUT2D eigenvalue weighted by Gasteiger charge is -2.48. The van der Waals surface area contributed by atoms with Gasteiger partial charge in [0, 0.05) is 23.5 Å². The van der Waals surface area contributed by atoms with E-state index in [1.165, 1.54) is 11.3 Å². The second-order valence-corrected chi connectivity index (χ2v) is 9.20. The highest BCUT2D eigenvalue weighted by Crippen LogP contribution is 2.39. The first-order valence-electron chi connectivity index (χ1n) is 10.7. The molecule has 0 unspecified atom stereocenters. The van der Waals surface area contributed by atoms with Gasteiger partial charge in [0.15, 0.2) is 0 Å². The van der Waals surface area contributed by atoms with Crippen molar-refractivity contribution in [3.63, 3.8) is 0 Å². The molecule has 0 saturated carbocycles. The first-order valence-corrected chi connectivity index (χ1v) is 11.5. The molecule has 0 radical (unpaired) electrons. The van der Waals surface area contributed by atoms with Gasteiger partial charge in [0.2, 0.25) is 0 Å². The van der Waals surface area contributed by atoms with Crippen LogP contribution in [0.1, 0.15) is 40.2 Å². The summed E-state index contributed by atoms with van der Waals surface area (Å²) in [4.78, 5) is 28.8. The number of carbonyl (C=O) groups is 2. The van der Waals surface area contributed by atoms with Crippen LogP contribution in [0, 0.1) is 0 Å². The van der Waals surface area contributed by atoms with Crippen LogP contribution in [-0.2, 0) is 6.54 Å². The molecular formula is C25H27N3O3S. The number of rotatable bonds is 5. The molecule has 2 heterocycles. The van der Waals surface area contributed by atoms with Gasteiger partial charge in [0.05, 0.1) is 17.7 Å². The molecule has 3 aromatic rings. The molecule has 0 bridgehead atoms. The summed E-state index contributed by atoms with van der Waals surface area (Å²) in [5.74, 6) is -0.274. The van der Waals surface area contributed by atoms with E-state index >= 15 is 0 Å². The number of hydrogen-bond acceptors (Lipinski definition) is 4. The first-order chi connectivity index (χ1) is 15.5. The topological polar surface area (TPSA) is 81.7 Å². The van der Waals surface area contributed by atoms with Crippen LogP contribution in [0.5, 0.6) is 0 Å². The van der Waals surface area contributed by atoms with Gasteiger partial charge >= 0.3 is 6.03 Å². The van der Waals surface area contributed by atoms with E-state index in [4.69, 9.17) is 0 Å². The quantitative estimate of drug-likeness (QED) is 0.552. The SMILES string of the molecule is C[C@@]1(O)CCN(C(=O)NCc2ccccc2)[C@@H](c2cccs2)[C@@H]1NC(=O)c1ccccc1. The molecule has 1 fully saturated rings. The minimum Gasteiger partial charge on any atom is -0.388 e. The molecule has 1 aliphatic rings. The van der Waals surface area contributed by atoms with Crippen molar-refractivity contribution in [2.75, 3.05) is 6.54 Å². The van der Waals surface area contributed by atoms with Gasteiger partial charge in [-0.1, -0.05) is 54.6 Å². The van der Waals surface area contributed by atoms with Crippen molar-refractivity contribution in [2.24, 2.45) is 0 Å². The van der Waals surface area contributed by atoms with Crippen molar-refractivity contribution in [1.82, 2.24) is 15.5 Å². The summed E-state index contributed by atoms with van der Waals surface area (Å²) < 4.78 is 0. The summed E-state index contributed by atoms with van der Waals surface area (Å²) in [6, 6.07) is 21.1. The number of urea groups is 1. The number of nitrogens with one attached hydrogen (secondary N) is 2. The first kappa shape index (κ1) is 22.0. The lowest BCUT2D eigenvalue weighted by Crippen LogP contribution is -2.64. The summed E-state index contributed by atoms with van der Waals surface area (Å²) in [6.07, 6.45) is 0.355. The van der Waals surface area contributed by atoms with Gasteiger partial charge in [-0.05, 0) is 42.5 Å². The van der Waals surface area contributed by atoms with Crippen LogP contribution in [0.3, 0.4) is 0 Å². The molecule has 1 aromatic heterocycles. The zero-order chi connectivity index (χ0) is 22.6. The fourth-order valence-corrected chi connectivity index (χ4v) is 4.96. The second kappa shape index (κ2) is 9.54. The molecule has 3 atom stereocenters. The minimum absolute atomic E-state index is 0.221. The summed E-state index contributed by atoms with van der Waals surface area (Å²) in [7, 11) is 0. The highest BCUT2D eigenvalue weighted by Gasteiger charge is 2.48. The Morgan fingerprint density at radius 3 is 2.41 bits per heavy atom. The number of likely N-dealkylation sites (tertiary alicyclic amines) is 1. The minimum atomic E-state index is -1.17. The Morgan fingerprint density at radius 1 is 1.06 bits per heavy atom. The van der Waals surface area contributed by atoms with E-state index < -0.39 is 17.7 Å². The molecule has 3 N–H and O–H groups in total. The standard InChI is InChI=1S/C25H27N3O3S/c1-25(31)14-15-28(24(30)26-17-18-9-4-2-5-10-18)21(20-13-8-16-32-20)22(25)27-23(29)19-11-6-3-7-12-19/h2-13,16,21-22,31H,14-15,17H2,1H3,(H,26,30)(H,27,29)/t21-,22-,25+/m0/s1. The number of piperidine rings is 1. The predicted molar refractivity (Wildman–Crippen MR) is 125 cm³/mol. The Kier molecular flexibility index (Phi) is 6.58. The molecule has 0 spiro atoms. The van der Waals surface area contributed by atoms with E-state index in [1.54, 1.807) is 36.1 Å². The third-order valence-corrected chi connectivity index (χ3v) is 6.83. The zero-order valence-electron chi connectivity index (χ0n) is 17.9. The number of aliphatic hydroxyl groups is 1. The van der Waals surface area contributed by atoms with E-state index in [0.29, 0.717) is 25.1 Å². The lowest BCUT2D eigenvalue weighted by atomic mass is 9.81. The highest BCUT2D eigenvalue weighted by molar-refractivity contribution is 7.10. The highest BCUT2D eigenvalue weighted by atomic mass is 32.1. The Balaban J connectivity index is 1.59. The molecule has 6 nitrogen and oxygen atoms in total. The molecule has 4 rings (SSSR count). The van der Waals surface area contributed by atoms with Crippen molar-refractivity contribution in [2.45, 2.75) is 37.6 Å². The summed E-state index contributed by atoms with van der Waals surface area (Å²) in [5.41, 5.74) is 0.348.